The number of rotatable bonds is 4. The Kier molecular flexibility index (Phi) is 6.14. The van der Waals surface area contributed by atoms with Gasteiger partial charge in [-0.3, -0.25) is 4.79 Å². The molecule has 5 heteroatoms. The lowest BCUT2D eigenvalue weighted by molar-refractivity contribution is 0.102. The van der Waals surface area contributed by atoms with Crippen LogP contribution in [0.15, 0.2) is 66.7 Å². The fourth-order valence-corrected chi connectivity index (χ4v) is 4.60. The largest absolute Gasteiger partial charge is 0.322 e. The lowest BCUT2D eigenvalue weighted by Crippen LogP contribution is -2.27. The highest BCUT2D eigenvalue weighted by Crippen LogP contribution is 2.44. The minimum Gasteiger partial charge on any atom is -0.322 e. The normalized spacial score (nSPS) is 18.2. The second kappa shape index (κ2) is 8.81. The van der Waals surface area contributed by atoms with Crippen molar-refractivity contribution in [2.75, 3.05) is 19.4 Å². The standard InChI is InChI=1S/C25H24Cl2N2O/c1-29(2)24-13-11-19(16-9-12-22(26)23(27)15-16)20-10-8-17(14-21(20)24)25(30)28-18-6-4-3-5-7-18/h3-10,12,14-15,19,24H,11,13H2,1-2H3,(H,28,30)/t19-,24-/m0/s1. The van der Waals surface area contributed by atoms with Crippen molar-refractivity contribution >= 4 is 34.8 Å². The third kappa shape index (κ3) is 4.24. The van der Waals surface area contributed by atoms with E-state index >= 15 is 0 Å². The monoisotopic (exact) mass is 438 g/mol. The number of nitrogens with zero attached hydrogens (tertiary/aromatic N) is 1. The maximum Gasteiger partial charge on any atom is 0.255 e. The fourth-order valence-electron chi connectivity index (χ4n) is 4.29. The van der Waals surface area contributed by atoms with Crippen LogP contribution in [-0.2, 0) is 0 Å². The molecule has 0 saturated carbocycles. The molecule has 1 aliphatic carbocycles. The number of carbonyl (C=O) groups is 1. The molecule has 3 aromatic rings. The summed E-state index contributed by atoms with van der Waals surface area (Å²) in [5.74, 6) is 0.135. The van der Waals surface area contributed by atoms with E-state index in [1.807, 2.05) is 54.6 Å². The van der Waals surface area contributed by atoms with Crippen molar-refractivity contribution in [3.8, 4) is 0 Å². The number of halogens is 2. The predicted molar refractivity (Wildman–Crippen MR) is 125 cm³/mol. The molecule has 0 unspecified atom stereocenters. The van der Waals surface area contributed by atoms with Crippen LogP contribution < -0.4 is 5.32 Å². The van der Waals surface area contributed by atoms with E-state index in [1.54, 1.807) is 0 Å². The predicted octanol–water partition coefficient (Wildman–Crippen LogP) is 6.77. The highest BCUT2D eigenvalue weighted by atomic mass is 35.5. The molecule has 1 N–H and O–H groups in total. The van der Waals surface area contributed by atoms with E-state index in [0.29, 0.717) is 15.6 Å². The maximum atomic E-state index is 12.9. The second-order valence-electron chi connectivity index (χ2n) is 7.95. The molecule has 3 nitrogen and oxygen atoms in total. The van der Waals surface area contributed by atoms with Crippen LogP contribution in [0.25, 0.3) is 0 Å². The Labute approximate surface area is 187 Å². The van der Waals surface area contributed by atoms with Crippen molar-refractivity contribution in [1.82, 2.24) is 4.90 Å². The number of benzene rings is 3. The van der Waals surface area contributed by atoms with Crippen molar-refractivity contribution < 1.29 is 4.79 Å². The van der Waals surface area contributed by atoms with Crippen molar-refractivity contribution in [2.24, 2.45) is 0 Å². The Morgan fingerprint density at radius 1 is 0.900 bits per heavy atom. The number of hydrogen-bond donors (Lipinski definition) is 1. The Hall–Kier alpha value is -2.33. The number of carbonyl (C=O) groups excluding carboxylic acids is 1. The van der Waals surface area contributed by atoms with Crippen LogP contribution in [-0.4, -0.2) is 24.9 Å². The lowest BCUT2D eigenvalue weighted by atomic mass is 9.76. The van der Waals surface area contributed by atoms with Gasteiger partial charge in [0.15, 0.2) is 0 Å². The van der Waals surface area contributed by atoms with Gasteiger partial charge in [-0.2, -0.15) is 0 Å². The first kappa shape index (κ1) is 20.9. The van der Waals surface area contributed by atoms with Gasteiger partial charge in [0.2, 0.25) is 0 Å². The van der Waals surface area contributed by atoms with Gasteiger partial charge in [0.1, 0.15) is 0 Å². The summed E-state index contributed by atoms with van der Waals surface area (Å²) in [6, 6.07) is 21.7. The molecule has 1 aliphatic rings. The Bertz CT molecular complexity index is 1070. The average Bonchev–Trinajstić information content (AvgIpc) is 2.75. The molecule has 2 atom stereocenters. The zero-order valence-corrected chi connectivity index (χ0v) is 18.5. The zero-order valence-electron chi connectivity index (χ0n) is 17.0. The number of nitrogens with one attached hydrogen (secondary N) is 1. The molecule has 30 heavy (non-hydrogen) atoms. The highest BCUT2D eigenvalue weighted by molar-refractivity contribution is 6.42. The summed E-state index contributed by atoms with van der Waals surface area (Å²) in [7, 11) is 4.18. The topological polar surface area (TPSA) is 32.3 Å². The number of amides is 1. The molecular formula is C25H24Cl2N2O. The molecule has 0 aromatic heterocycles. The molecule has 0 fully saturated rings. The molecule has 0 heterocycles. The van der Waals surface area contributed by atoms with Crippen molar-refractivity contribution in [3.05, 3.63) is 99.0 Å². The van der Waals surface area contributed by atoms with E-state index in [-0.39, 0.29) is 17.9 Å². The van der Waals surface area contributed by atoms with Gasteiger partial charge >= 0.3 is 0 Å². The van der Waals surface area contributed by atoms with Crippen LogP contribution in [0.5, 0.6) is 0 Å². The van der Waals surface area contributed by atoms with E-state index < -0.39 is 0 Å². The van der Waals surface area contributed by atoms with Gasteiger partial charge in [0.05, 0.1) is 10.0 Å². The SMILES string of the molecule is CN(C)[C@H]1CC[C@@H](c2ccc(Cl)c(Cl)c2)c2ccc(C(=O)Nc3ccccc3)cc21. The van der Waals surface area contributed by atoms with Crippen LogP contribution in [0.2, 0.25) is 10.0 Å². The minimum atomic E-state index is -0.0989. The third-order valence-corrected chi connectivity index (χ3v) is 6.55. The maximum absolute atomic E-state index is 12.9. The summed E-state index contributed by atoms with van der Waals surface area (Å²) < 4.78 is 0. The van der Waals surface area contributed by atoms with E-state index in [4.69, 9.17) is 23.2 Å². The Morgan fingerprint density at radius 3 is 2.37 bits per heavy atom. The molecule has 0 bridgehead atoms. The van der Waals surface area contributed by atoms with E-state index in [1.165, 1.54) is 11.1 Å². The number of para-hydroxylation sites is 1. The van der Waals surface area contributed by atoms with Gasteiger partial charge in [0.25, 0.3) is 5.91 Å². The minimum absolute atomic E-state index is 0.0989. The van der Waals surface area contributed by atoms with E-state index in [0.717, 1.165) is 24.1 Å². The summed E-state index contributed by atoms with van der Waals surface area (Å²) in [5, 5.41) is 4.12. The summed E-state index contributed by atoms with van der Waals surface area (Å²) in [6.45, 7) is 0. The zero-order chi connectivity index (χ0) is 21.3. The van der Waals surface area contributed by atoms with Crippen LogP contribution >= 0.6 is 23.2 Å². The van der Waals surface area contributed by atoms with Crippen molar-refractivity contribution in [2.45, 2.75) is 24.8 Å². The summed E-state index contributed by atoms with van der Waals surface area (Å²) >= 11 is 12.4. The van der Waals surface area contributed by atoms with Crippen molar-refractivity contribution in [3.63, 3.8) is 0 Å². The smallest absolute Gasteiger partial charge is 0.255 e. The highest BCUT2D eigenvalue weighted by Gasteiger charge is 2.30. The third-order valence-electron chi connectivity index (χ3n) is 5.81. The molecule has 0 saturated heterocycles. The molecule has 0 radical (unpaired) electrons. The first-order chi connectivity index (χ1) is 14.4. The lowest BCUT2D eigenvalue weighted by Gasteiger charge is -2.36. The molecular weight excluding hydrogens is 415 g/mol. The van der Waals surface area contributed by atoms with Gasteiger partial charge < -0.3 is 10.2 Å². The van der Waals surface area contributed by atoms with Crippen molar-refractivity contribution in [1.29, 1.82) is 0 Å². The molecule has 3 aromatic carbocycles. The first-order valence-corrected chi connectivity index (χ1v) is 10.8. The second-order valence-corrected chi connectivity index (χ2v) is 8.76. The summed E-state index contributed by atoms with van der Waals surface area (Å²) in [6.07, 6.45) is 2.03. The van der Waals surface area contributed by atoms with Gasteiger partial charge in [-0.05, 0) is 80.0 Å². The number of fused-ring (bicyclic) bond motifs is 1. The van der Waals surface area contributed by atoms with Gasteiger partial charge in [-0.1, -0.05) is 53.5 Å². The van der Waals surface area contributed by atoms with Crippen LogP contribution in [0.1, 0.15) is 51.8 Å². The van der Waals surface area contributed by atoms with E-state index in [9.17, 15) is 4.79 Å². The number of hydrogen-bond acceptors (Lipinski definition) is 2. The summed E-state index contributed by atoms with van der Waals surface area (Å²) in [5.41, 5.74) is 5.05. The molecule has 1 amide bonds. The van der Waals surface area contributed by atoms with Gasteiger partial charge in [0, 0.05) is 23.2 Å². The molecule has 0 spiro atoms. The van der Waals surface area contributed by atoms with E-state index in [2.05, 4.69) is 36.4 Å². The molecule has 154 valence electrons. The van der Waals surface area contributed by atoms with Crippen LogP contribution in [0.4, 0.5) is 5.69 Å². The molecule has 0 aliphatic heterocycles. The average molecular weight is 439 g/mol. The quantitative estimate of drug-likeness (QED) is 0.486. The van der Waals surface area contributed by atoms with Gasteiger partial charge in [-0.25, -0.2) is 0 Å². The first-order valence-electron chi connectivity index (χ1n) is 10.1. The van der Waals surface area contributed by atoms with Crippen LogP contribution in [0.3, 0.4) is 0 Å². The Morgan fingerprint density at radius 2 is 1.67 bits per heavy atom. The Balaban J connectivity index is 1.70. The van der Waals surface area contributed by atoms with Crippen LogP contribution in [0, 0.1) is 0 Å². The number of anilines is 1. The fraction of sp³-hybridized carbons (Fsp3) is 0.240. The molecule has 4 rings (SSSR count). The summed E-state index contributed by atoms with van der Waals surface area (Å²) in [4.78, 5) is 15.1. The van der Waals surface area contributed by atoms with Gasteiger partial charge in [-0.15, -0.1) is 0 Å².